The lowest BCUT2D eigenvalue weighted by Gasteiger charge is -2.10. The van der Waals surface area contributed by atoms with Gasteiger partial charge in [-0.25, -0.2) is 0 Å². The molecule has 2 aromatic rings. The van der Waals surface area contributed by atoms with Crippen LogP contribution in [0.2, 0.25) is 0 Å². The highest BCUT2D eigenvalue weighted by atomic mass is 32.1. The number of hydrogen-bond donors (Lipinski definition) is 1. The van der Waals surface area contributed by atoms with Crippen LogP contribution in [-0.4, -0.2) is 14.8 Å². The van der Waals surface area contributed by atoms with Crippen LogP contribution in [0, 0.1) is 4.77 Å². The Morgan fingerprint density at radius 2 is 2.26 bits per heavy atom. The second kappa shape index (κ2) is 6.33. The van der Waals surface area contributed by atoms with Crippen LogP contribution in [0.5, 0.6) is 5.75 Å². The predicted molar refractivity (Wildman–Crippen MR) is 77.8 cm³/mol. The molecule has 1 heterocycles. The smallest absolute Gasteiger partial charge is 0.195 e. The van der Waals surface area contributed by atoms with Crippen molar-refractivity contribution in [3.05, 3.63) is 53.1 Å². The van der Waals surface area contributed by atoms with Crippen molar-refractivity contribution in [3.8, 4) is 5.75 Å². The topological polar surface area (TPSA) is 42.8 Å². The van der Waals surface area contributed by atoms with Crippen molar-refractivity contribution < 1.29 is 4.74 Å². The minimum Gasteiger partial charge on any atom is -0.485 e. The molecule has 2 rings (SSSR count). The van der Waals surface area contributed by atoms with Crippen LogP contribution < -0.4 is 4.74 Å². The van der Waals surface area contributed by atoms with Crippen molar-refractivity contribution >= 4 is 12.2 Å². The quantitative estimate of drug-likeness (QED) is 0.650. The lowest BCUT2D eigenvalue weighted by molar-refractivity contribution is 0.287. The van der Waals surface area contributed by atoms with E-state index in [0.29, 0.717) is 17.9 Å². The first-order chi connectivity index (χ1) is 9.26. The molecule has 0 saturated carbocycles. The molecule has 4 nitrogen and oxygen atoms in total. The first-order valence-electron chi connectivity index (χ1n) is 6.22. The normalized spacial score (nSPS) is 10.4. The summed E-state index contributed by atoms with van der Waals surface area (Å²) in [5.41, 5.74) is 1.19. The van der Waals surface area contributed by atoms with Crippen LogP contribution in [-0.2, 0) is 19.6 Å². The van der Waals surface area contributed by atoms with Gasteiger partial charge in [-0.2, -0.15) is 5.10 Å². The molecule has 0 amide bonds. The van der Waals surface area contributed by atoms with Crippen LogP contribution in [0.25, 0.3) is 0 Å². The minimum absolute atomic E-state index is 0.387. The first kappa shape index (κ1) is 13.5. The molecule has 0 aliphatic rings. The lowest BCUT2D eigenvalue weighted by Crippen LogP contribution is -2.07. The van der Waals surface area contributed by atoms with E-state index in [4.69, 9.17) is 17.0 Å². The van der Waals surface area contributed by atoms with Crippen LogP contribution in [0.15, 0.2) is 36.9 Å². The Balaban J connectivity index is 2.14. The number of nitrogens with zero attached hydrogens (tertiary/aromatic N) is 2. The Bertz CT molecular complexity index is 615. The molecule has 19 heavy (non-hydrogen) atoms. The lowest BCUT2D eigenvalue weighted by atomic mass is 10.1. The van der Waals surface area contributed by atoms with Crippen LogP contribution in [0.4, 0.5) is 0 Å². The molecule has 100 valence electrons. The fraction of sp³-hybridized carbons (Fsp3) is 0.286. The molecule has 0 unspecified atom stereocenters. The fourth-order valence-corrected chi connectivity index (χ4v) is 2.08. The van der Waals surface area contributed by atoms with E-state index in [1.54, 1.807) is 6.08 Å². The highest BCUT2D eigenvalue weighted by molar-refractivity contribution is 7.71. The summed E-state index contributed by atoms with van der Waals surface area (Å²) in [5.74, 6) is 1.67. The van der Waals surface area contributed by atoms with E-state index in [9.17, 15) is 0 Å². The molecule has 0 aliphatic carbocycles. The monoisotopic (exact) mass is 275 g/mol. The summed E-state index contributed by atoms with van der Waals surface area (Å²) in [4.78, 5) is 0. The zero-order valence-corrected chi connectivity index (χ0v) is 11.7. The van der Waals surface area contributed by atoms with Crippen molar-refractivity contribution in [2.45, 2.75) is 26.5 Å². The predicted octanol–water partition coefficient (Wildman–Crippen LogP) is 3.27. The second-order valence-corrected chi connectivity index (χ2v) is 4.48. The summed E-state index contributed by atoms with van der Waals surface area (Å²) >= 11 is 5.16. The van der Waals surface area contributed by atoms with Gasteiger partial charge in [0.05, 0.1) is 0 Å². The Morgan fingerprint density at radius 1 is 1.47 bits per heavy atom. The average Bonchev–Trinajstić information content (AvgIpc) is 2.78. The largest absolute Gasteiger partial charge is 0.485 e. The summed E-state index contributed by atoms with van der Waals surface area (Å²) in [7, 11) is 0. The highest BCUT2D eigenvalue weighted by Gasteiger charge is 2.07. The molecular weight excluding hydrogens is 258 g/mol. The standard InChI is InChI=1S/C14H17N3OS/c1-3-9-17-13(15-16-14(17)19)10-18-12-8-6-5-7-11(12)4-2/h3,5-8H,1,4,9-10H2,2H3,(H,16,19). The number of aromatic amines is 1. The zero-order valence-electron chi connectivity index (χ0n) is 10.9. The van der Waals surface area contributed by atoms with Gasteiger partial charge in [-0.1, -0.05) is 31.2 Å². The number of benzene rings is 1. The van der Waals surface area contributed by atoms with Gasteiger partial charge in [0.2, 0.25) is 0 Å². The molecule has 0 radical (unpaired) electrons. The van der Waals surface area contributed by atoms with E-state index < -0.39 is 0 Å². The molecule has 0 bridgehead atoms. The van der Waals surface area contributed by atoms with Crippen molar-refractivity contribution in [1.29, 1.82) is 0 Å². The number of allylic oxidation sites excluding steroid dienone is 1. The molecule has 0 fully saturated rings. The van der Waals surface area contributed by atoms with Gasteiger partial charge >= 0.3 is 0 Å². The maximum absolute atomic E-state index is 5.83. The highest BCUT2D eigenvalue weighted by Crippen LogP contribution is 2.19. The zero-order chi connectivity index (χ0) is 13.7. The third-order valence-corrected chi connectivity index (χ3v) is 3.17. The van der Waals surface area contributed by atoms with Gasteiger partial charge in [-0.15, -0.1) is 6.58 Å². The van der Waals surface area contributed by atoms with Gasteiger partial charge in [-0.3, -0.25) is 9.67 Å². The summed E-state index contributed by atoms with van der Waals surface area (Å²) < 4.78 is 8.29. The molecule has 0 aliphatic heterocycles. The summed E-state index contributed by atoms with van der Waals surface area (Å²) in [6.45, 7) is 6.84. The molecular formula is C14H17N3OS. The summed E-state index contributed by atoms with van der Waals surface area (Å²) in [5, 5.41) is 6.95. The van der Waals surface area contributed by atoms with Gasteiger partial charge in [0, 0.05) is 6.54 Å². The van der Waals surface area contributed by atoms with E-state index in [0.717, 1.165) is 18.0 Å². The molecule has 1 N–H and O–H groups in total. The maximum Gasteiger partial charge on any atom is 0.195 e. The van der Waals surface area contributed by atoms with Gasteiger partial charge in [-0.05, 0) is 30.3 Å². The van der Waals surface area contributed by atoms with E-state index >= 15 is 0 Å². The Morgan fingerprint density at radius 3 is 3.00 bits per heavy atom. The first-order valence-corrected chi connectivity index (χ1v) is 6.62. The number of para-hydroxylation sites is 1. The number of H-pyrrole nitrogens is 1. The SMILES string of the molecule is C=CCn1c(COc2ccccc2CC)n[nH]c1=S. The van der Waals surface area contributed by atoms with Crippen LogP contribution >= 0.6 is 12.2 Å². The van der Waals surface area contributed by atoms with Gasteiger partial charge in [0.15, 0.2) is 10.6 Å². The number of rotatable bonds is 6. The van der Waals surface area contributed by atoms with E-state index in [-0.39, 0.29) is 0 Å². The van der Waals surface area contributed by atoms with E-state index in [1.807, 2.05) is 22.8 Å². The van der Waals surface area contributed by atoms with Crippen LogP contribution in [0.3, 0.4) is 0 Å². The number of aromatic nitrogens is 3. The Hall–Kier alpha value is -1.88. The molecule has 1 aromatic heterocycles. The van der Waals surface area contributed by atoms with Crippen molar-refractivity contribution in [2.24, 2.45) is 0 Å². The van der Waals surface area contributed by atoms with E-state index in [1.165, 1.54) is 5.56 Å². The van der Waals surface area contributed by atoms with Crippen molar-refractivity contribution in [1.82, 2.24) is 14.8 Å². The van der Waals surface area contributed by atoms with Crippen molar-refractivity contribution in [2.75, 3.05) is 0 Å². The second-order valence-electron chi connectivity index (χ2n) is 4.09. The van der Waals surface area contributed by atoms with Crippen LogP contribution in [0.1, 0.15) is 18.3 Å². The molecule has 0 spiro atoms. The Kier molecular flexibility index (Phi) is 4.52. The van der Waals surface area contributed by atoms with Crippen molar-refractivity contribution in [3.63, 3.8) is 0 Å². The summed E-state index contributed by atoms with van der Waals surface area (Å²) in [6, 6.07) is 8.02. The fourth-order valence-electron chi connectivity index (χ4n) is 1.86. The summed E-state index contributed by atoms with van der Waals surface area (Å²) in [6.07, 6.45) is 2.73. The number of hydrogen-bond acceptors (Lipinski definition) is 3. The van der Waals surface area contributed by atoms with Gasteiger partial charge in [0.1, 0.15) is 12.4 Å². The molecule has 0 atom stereocenters. The molecule has 5 heteroatoms. The minimum atomic E-state index is 0.387. The third-order valence-electron chi connectivity index (χ3n) is 2.86. The molecule has 1 aromatic carbocycles. The molecule has 0 saturated heterocycles. The van der Waals surface area contributed by atoms with E-state index in [2.05, 4.69) is 29.8 Å². The number of nitrogens with one attached hydrogen (secondary N) is 1. The number of aryl methyl sites for hydroxylation is 1. The van der Waals surface area contributed by atoms with Gasteiger partial charge < -0.3 is 4.74 Å². The average molecular weight is 275 g/mol. The number of ether oxygens (including phenoxy) is 1. The van der Waals surface area contributed by atoms with Gasteiger partial charge in [0.25, 0.3) is 0 Å². The third kappa shape index (κ3) is 3.12. The maximum atomic E-state index is 5.83. The Labute approximate surface area is 117 Å².